The summed E-state index contributed by atoms with van der Waals surface area (Å²) in [4.78, 5) is -0.0561. The highest BCUT2D eigenvalue weighted by Crippen LogP contribution is 2.35. The van der Waals surface area contributed by atoms with Crippen molar-refractivity contribution >= 4 is 38.9 Å². The third-order valence-electron chi connectivity index (χ3n) is 3.50. The fourth-order valence-electron chi connectivity index (χ4n) is 2.43. The Morgan fingerprint density at radius 3 is 2.16 bits per heavy atom. The van der Waals surface area contributed by atoms with Crippen molar-refractivity contribution in [2.75, 3.05) is 12.8 Å². The summed E-state index contributed by atoms with van der Waals surface area (Å²) in [6.45, 7) is 0. The number of sulfonamides is 1. The maximum Gasteiger partial charge on any atom is 0.246 e. The fraction of sp³-hybridized carbons (Fsp3) is 0.500. The van der Waals surface area contributed by atoms with E-state index in [9.17, 15) is 8.42 Å². The van der Waals surface area contributed by atoms with Crippen LogP contribution < -0.4 is 5.73 Å². The smallest absolute Gasteiger partial charge is 0.246 e. The lowest BCUT2D eigenvalue weighted by molar-refractivity contribution is 0.373. The summed E-state index contributed by atoms with van der Waals surface area (Å²) in [6, 6.07) is 2.83. The fourth-order valence-corrected chi connectivity index (χ4v) is 5.02. The quantitative estimate of drug-likeness (QED) is 0.869. The number of halogens is 2. The largest absolute Gasteiger partial charge is 0.399 e. The maximum atomic E-state index is 12.6. The van der Waals surface area contributed by atoms with Crippen LogP contribution in [0.15, 0.2) is 17.0 Å². The van der Waals surface area contributed by atoms with Gasteiger partial charge in [0.2, 0.25) is 10.0 Å². The lowest BCUT2D eigenvalue weighted by atomic mass is 10.3. The van der Waals surface area contributed by atoms with Crippen LogP contribution >= 0.6 is 23.2 Å². The van der Waals surface area contributed by atoms with Crippen molar-refractivity contribution in [1.29, 1.82) is 0 Å². The van der Waals surface area contributed by atoms with E-state index in [1.807, 2.05) is 0 Å². The van der Waals surface area contributed by atoms with E-state index in [0.717, 1.165) is 25.7 Å². The van der Waals surface area contributed by atoms with Crippen molar-refractivity contribution in [2.24, 2.45) is 0 Å². The first-order valence-corrected chi connectivity index (χ1v) is 8.26. The molecule has 2 rings (SSSR count). The molecule has 7 heteroatoms. The van der Waals surface area contributed by atoms with Crippen LogP contribution in [0.4, 0.5) is 5.69 Å². The normalized spacial score (nSPS) is 17.3. The van der Waals surface area contributed by atoms with E-state index in [-0.39, 0.29) is 21.0 Å². The van der Waals surface area contributed by atoms with Crippen molar-refractivity contribution in [3.63, 3.8) is 0 Å². The van der Waals surface area contributed by atoms with Crippen LogP contribution in [-0.4, -0.2) is 25.8 Å². The number of nitrogens with zero attached hydrogens (tertiary/aromatic N) is 1. The third-order valence-corrected chi connectivity index (χ3v) is 6.33. The highest BCUT2D eigenvalue weighted by molar-refractivity contribution is 7.89. The lowest BCUT2D eigenvalue weighted by Crippen LogP contribution is -2.35. The molecule has 0 bridgehead atoms. The number of nitrogen functional groups attached to an aromatic ring is 1. The van der Waals surface area contributed by atoms with Gasteiger partial charge in [-0.15, -0.1) is 0 Å². The Morgan fingerprint density at radius 1 is 1.21 bits per heavy atom. The van der Waals surface area contributed by atoms with Crippen molar-refractivity contribution in [1.82, 2.24) is 4.31 Å². The minimum atomic E-state index is -3.69. The second-order valence-corrected chi connectivity index (χ2v) is 7.52. The molecule has 0 atom stereocenters. The molecule has 1 aliphatic rings. The van der Waals surface area contributed by atoms with E-state index in [1.54, 1.807) is 7.05 Å². The van der Waals surface area contributed by atoms with E-state index < -0.39 is 10.0 Å². The topological polar surface area (TPSA) is 63.4 Å². The number of nitrogens with two attached hydrogens (primary N) is 1. The molecule has 2 N–H and O–H groups in total. The summed E-state index contributed by atoms with van der Waals surface area (Å²) in [6.07, 6.45) is 3.85. The summed E-state index contributed by atoms with van der Waals surface area (Å²) < 4.78 is 26.6. The molecule has 1 saturated carbocycles. The van der Waals surface area contributed by atoms with Crippen LogP contribution in [0.3, 0.4) is 0 Å². The molecule has 106 valence electrons. The summed E-state index contributed by atoms with van der Waals surface area (Å²) in [7, 11) is -2.11. The molecule has 1 fully saturated rings. The molecule has 0 aromatic heterocycles. The molecule has 1 aromatic carbocycles. The molecule has 0 amide bonds. The minimum absolute atomic E-state index is 0.0229. The predicted molar refractivity (Wildman–Crippen MR) is 78.1 cm³/mol. The van der Waals surface area contributed by atoms with E-state index in [2.05, 4.69) is 0 Å². The first-order valence-electron chi connectivity index (χ1n) is 6.06. The van der Waals surface area contributed by atoms with Gasteiger partial charge in [0, 0.05) is 18.8 Å². The molecule has 0 unspecified atom stereocenters. The Kier molecular flexibility index (Phi) is 4.30. The average Bonchev–Trinajstić information content (AvgIpc) is 2.78. The highest BCUT2D eigenvalue weighted by Gasteiger charge is 2.33. The number of hydrogen-bond donors (Lipinski definition) is 1. The average molecular weight is 323 g/mol. The second-order valence-electron chi connectivity index (χ2n) is 4.77. The molecule has 0 heterocycles. The zero-order valence-corrected chi connectivity index (χ0v) is 12.9. The van der Waals surface area contributed by atoms with Gasteiger partial charge in [0.15, 0.2) is 0 Å². The van der Waals surface area contributed by atoms with Gasteiger partial charge in [-0.05, 0) is 25.0 Å². The molecular weight excluding hydrogens is 307 g/mol. The molecule has 0 aliphatic heterocycles. The van der Waals surface area contributed by atoms with Crippen molar-refractivity contribution in [2.45, 2.75) is 36.6 Å². The molecule has 19 heavy (non-hydrogen) atoms. The zero-order valence-electron chi connectivity index (χ0n) is 10.6. The minimum Gasteiger partial charge on any atom is -0.399 e. The van der Waals surface area contributed by atoms with Crippen molar-refractivity contribution < 1.29 is 8.42 Å². The van der Waals surface area contributed by atoms with Crippen LogP contribution in [-0.2, 0) is 10.0 Å². The highest BCUT2D eigenvalue weighted by atomic mass is 35.5. The van der Waals surface area contributed by atoms with Crippen molar-refractivity contribution in [3.05, 3.63) is 22.2 Å². The van der Waals surface area contributed by atoms with E-state index in [4.69, 9.17) is 28.9 Å². The van der Waals surface area contributed by atoms with Gasteiger partial charge in [-0.3, -0.25) is 0 Å². The van der Waals surface area contributed by atoms with Gasteiger partial charge in [0.25, 0.3) is 0 Å². The second kappa shape index (κ2) is 5.48. The Morgan fingerprint density at radius 2 is 1.68 bits per heavy atom. The molecular formula is C12H16Cl2N2O2S. The Bertz CT molecular complexity index is 560. The van der Waals surface area contributed by atoms with Gasteiger partial charge in [-0.2, -0.15) is 4.31 Å². The molecule has 0 spiro atoms. The van der Waals surface area contributed by atoms with E-state index in [0.29, 0.717) is 5.69 Å². The molecule has 0 saturated heterocycles. The summed E-state index contributed by atoms with van der Waals surface area (Å²) in [5.74, 6) is 0. The van der Waals surface area contributed by atoms with Gasteiger partial charge >= 0.3 is 0 Å². The first-order chi connectivity index (χ1) is 8.84. The van der Waals surface area contributed by atoms with Crippen LogP contribution in [0, 0.1) is 0 Å². The summed E-state index contributed by atoms with van der Waals surface area (Å²) in [5.41, 5.74) is 5.94. The van der Waals surface area contributed by atoms with Crippen LogP contribution in [0.25, 0.3) is 0 Å². The third kappa shape index (κ3) is 2.84. The zero-order chi connectivity index (χ0) is 14.2. The Labute approximate surface area is 123 Å². The monoisotopic (exact) mass is 322 g/mol. The van der Waals surface area contributed by atoms with Gasteiger partial charge in [-0.1, -0.05) is 36.0 Å². The summed E-state index contributed by atoms with van der Waals surface area (Å²) >= 11 is 12.0. The van der Waals surface area contributed by atoms with Gasteiger partial charge in [0.1, 0.15) is 4.90 Å². The maximum absolute atomic E-state index is 12.6. The molecule has 1 aromatic rings. The first kappa shape index (κ1) is 14.9. The molecule has 4 nitrogen and oxygen atoms in total. The standard InChI is InChI=1S/C12H16Cl2N2O2S/c1-16(9-4-2-3-5-9)19(17,18)12-10(13)6-8(15)7-11(12)14/h6-7,9H,2-5,15H2,1H3. The van der Waals surface area contributed by atoms with Crippen LogP contribution in [0.1, 0.15) is 25.7 Å². The van der Waals surface area contributed by atoms with Crippen LogP contribution in [0.2, 0.25) is 10.0 Å². The van der Waals surface area contributed by atoms with Gasteiger partial charge < -0.3 is 5.73 Å². The number of benzene rings is 1. The lowest BCUT2D eigenvalue weighted by Gasteiger charge is -2.24. The van der Waals surface area contributed by atoms with E-state index in [1.165, 1.54) is 16.4 Å². The number of anilines is 1. The van der Waals surface area contributed by atoms with E-state index >= 15 is 0 Å². The Balaban J connectivity index is 2.44. The SMILES string of the molecule is CN(C1CCCC1)S(=O)(=O)c1c(Cl)cc(N)cc1Cl. The number of rotatable bonds is 3. The van der Waals surface area contributed by atoms with Gasteiger partial charge in [0.05, 0.1) is 10.0 Å². The summed E-state index contributed by atoms with van der Waals surface area (Å²) in [5, 5.41) is 0.129. The van der Waals surface area contributed by atoms with Crippen LogP contribution in [0.5, 0.6) is 0 Å². The molecule has 1 aliphatic carbocycles. The number of hydrogen-bond acceptors (Lipinski definition) is 3. The molecule has 0 radical (unpaired) electrons. The predicted octanol–water partition coefficient (Wildman–Crippen LogP) is 3.14. The Hall–Kier alpha value is -0.490. The van der Waals surface area contributed by atoms with Crippen molar-refractivity contribution in [3.8, 4) is 0 Å². The van der Waals surface area contributed by atoms with Gasteiger partial charge in [-0.25, -0.2) is 8.42 Å².